The van der Waals surface area contributed by atoms with Crippen LogP contribution in [0, 0.1) is 0 Å². The van der Waals surface area contributed by atoms with Crippen LogP contribution in [0.1, 0.15) is 28.6 Å². The standard InChI is InChI=1S/C19H27N3O9S2/c1-22(33(3,29)30)18-20-13(10-32-18)17(27)21-19(28,16(26)14(24)8-9-31-2)15(25)11-4-6-12(23)7-5-11/h4-7,10,14-16,23-26,28H,8-9H2,1-3H3,(H,21,27). The molecule has 0 radical (unpaired) electrons. The molecule has 0 aliphatic carbocycles. The number of carbonyl (C=O) groups is 1. The smallest absolute Gasteiger partial charge is 0.273 e. The number of aromatic nitrogens is 1. The van der Waals surface area contributed by atoms with Crippen LogP contribution >= 0.6 is 11.3 Å². The molecule has 0 bridgehead atoms. The zero-order valence-corrected chi connectivity index (χ0v) is 19.7. The summed E-state index contributed by atoms with van der Waals surface area (Å²) < 4.78 is 29.1. The third kappa shape index (κ3) is 6.38. The van der Waals surface area contributed by atoms with Crippen LogP contribution in [0.15, 0.2) is 29.6 Å². The SMILES string of the molecule is COCCC(O)C(O)C(O)(NC(=O)c1csc(N(C)S(C)(=O)=O)n1)C(O)c1ccc(O)cc1. The van der Waals surface area contributed by atoms with E-state index in [1.54, 1.807) is 0 Å². The molecule has 1 amide bonds. The zero-order chi connectivity index (χ0) is 25.0. The van der Waals surface area contributed by atoms with Crippen LogP contribution in [-0.2, 0) is 14.8 Å². The average molecular weight is 506 g/mol. The number of carbonyl (C=O) groups excluding carboxylic acids is 1. The molecular formula is C19H27N3O9S2. The summed E-state index contributed by atoms with van der Waals surface area (Å²) in [5.41, 5.74) is -3.07. The fourth-order valence-corrected chi connectivity index (χ4v) is 4.34. The molecule has 6 N–H and O–H groups in total. The van der Waals surface area contributed by atoms with E-state index < -0.39 is 40.0 Å². The maximum Gasteiger partial charge on any atom is 0.273 e. The first-order valence-electron chi connectivity index (χ1n) is 9.57. The maximum absolute atomic E-state index is 12.8. The van der Waals surface area contributed by atoms with Crippen LogP contribution in [0.3, 0.4) is 0 Å². The van der Waals surface area contributed by atoms with Crippen molar-refractivity contribution in [2.24, 2.45) is 0 Å². The number of rotatable bonds is 11. The summed E-state index contributed by atoms with van der Waals surface area (Å²) in [5.74, 6) is -1.16. The predicted octanol–water partition coefficient (Wildman–Crippen LogP) is -0.845. The number of hydrogen-bond acceptors (Lipinski definition) is 11. The number of ether oxygens (including phenoxy) is 1. The predicted molar refractivity (Wildman–Crippen MR) is 119 cm³/mol. The fraction of sp³-hybridized carbons (Fsp3) is 0.474. The first-order valence-corrected chi connectivity index (χ1v) is 12.3. The van der Waals surface area contributed by atoms with Gasteiger partial charge in [-0.3, -0.25) is 4.79 Å². The van der Waals surface area contributed by atoms with E-state index in [9.17, 15) is 38.7 Å². The van der Waals surface area contributed by atoms with Crippen LogP contribution in [0.5, 0.6) is 5.75 Å². The number of amides is 1. The lowest BCUT2D eigenvalue weighted by atomic mass is 9.89. The van der Waals surface area contributed by atoms with E-state index >= 15 is 0 Å². The molecular weight excluding hydrogens is 478 g/mol. The van der Waals surface area contributed by atoms with Crippen molar-refractivity contribution in [1.82, 2.24) is 10.3 Å². The number of nitrogens with one attached hydrogen (secondary N) is 1. The summed E-state index contributed by atoms with van der Waals surface area (Å²) >= 11 is 0.846. The van der Waals surface area contributed by atoms with Gasteiger partial charge in [-0.25, -0.2) is 17.7 Å². The number of methoxy groups -OCH3 is 1. The second-order valence-corrected chi connectivity index (χ2v) is 10.2. The molecule has 0 aliphatic rings. The molecule has 1 heterocycles. The lowest BCUT2D eigenvalue weighted by molar-refractivity contribution is -0.192. The Balaban J connectivity index is 2.38. The van der Waals surface area contributed by atoms with E-state index in [-0.39, 0.29) is 35.2 Å². The van der Waals surface area contributed by atoms with Gasteiger partial charge in [0.2, 0.25) is 10.0 Å². The normalized spacial score (nSPS) is 16.5. The molecule has 33 heavy (non-hydrogen) atoms. The third-order valence-electron chi connectivity index (χ3n) is 4.86. The number of sulfonamides is 1. The van der Waals surface area contributed by atoms with Crippen LogP contribution in [-0.4, -0.2) is 89.8 Å². The number of phenolic OH excluding ortho intramolecular Hbond substituents is 1. The van der Waals surface area contributed by atoms with Gasteiger partial charge in [0, 0.05) is 26.1 Å². The monoisotopic (exact) mass is 505 g/mol. The van der Waals surface area contributed by atoms with Crippen molar-refractivity contribution in [3.8, 4) is 5.75 Å². The van der Waals surface area contributed by atoms with Gasteiger partial charge in [0.1, 0.15) is 23.7 Å². The van der Waals surface area contributed by atoms with Gasteiger partial charge >= 0.3 is 0 Å². The molecule has 0 aliphatic heterocycles. The van der Waals surface area contributed by atoms with Crippen molar-refractivity contribution >= 4 is 32.4 Å². The Hall–Kier alpha value is -2.33. The van der Waals surface area contributed by atoms with Crippen LogP contribution in [0.4, 0.5) is 5.13 Å². The van der Waals surface area contributed by atoms with Gasteiger partial charge in [0.25, 0.3) is 5.91 Å². The topological polar surface area (TPSA) is 190 Å². The van der Waals surface area contributed by atoms with Gasteiger partial charge in [-0.2, -0.15) is 0 Å². The second-order valence-electron chi connectivity index (χ2n) is 7.31. The minimum atomic E-state index is -3.64. The summed E-state index contributed by atoms with van der Waals surface area (Å²) in [7, 11) is -1.02. The van der Waals surface area contributed by atoms with Gasteiger partial charge in [0.15, 0.2) is 10.9 Å². The van der Waals surface area contributed by atoms with E-state index in [0.29, 0.717) is 0 Å². The number of hydrogen-bond donors (Lipinski definition) is 6. The molecule has 0 saturated carbocycles. The molecule has 2 rings (SSSR count). The number of anilines is 1. The highest BCUT2D eigenvalue weighted by atomic mass is 32.2. The van der Waals surface area contributed by atoms with Crippen molar-refractivity contribution in [2.75, 3.05) is 31.3 Å². The van der Waals surface area contributed by atoms with E-state index in [2.05, 4.69) is 10.3 Å². The number of aliphatic hydroxyl groups is 4. The van der Waals surface area contributed by atoms with Gasteiger partial charge in [0.05, 0.1) is 12.4 Å². The van der Waals surface area contributed by atoms with E-state index in [0.717, 1.165) is 21.9 Å². The number of phenols is 1. The lowest BCUT2D eigenvalue weighted by Gasteiger charge is -2.39. The van der Waals surface area contributed by atoms with Gasteiger partial charge in [-0.1, -0.05) is 12.1 Å². The van der Waals surface area contributed by atoms with Gasteiger partial charge in [-0.05, 0) is 24.1 Å². The fourth-order valence-electron chi connectivity index (χ4n) is 2.81. The van der Waals surface area contributed by atoms with Crippen molar-refractivity contribution in [3.63, 3.8) is 0 Å². The number of benzene rings is 1. The number of aliphatic hydroxyl groups excluding tert-OH is 3. The molecule has 14 heteroatoms. The van der Waals surface area contributed by atoms with Crippen LogP contribution < -0.4 is 9.62 Å². The van der Waals surface area contributed by atoms with Gasteiger partial charge in [-0.15, -0.1) is 11.3 Å². The molecule has 0 spiro atoms. The Morgan fingerprint density at radius 1 is 1.27 bits per heavy atom. The summed E-state index contributed by atoms with van der Waals surface area (Å²) in [4.78, 5) is 16.7. The highest BCUT2D eigenvalue weighted by molar-refractivity contribution is 7.92. The molecule has 1 aromatic heterocycles. The molecule has 4 unspecified atom stereocenters. The quantitative estimate of drug-likeness (QED) is 0.210. The Morgan fingerprint density at radius 2 is 1.88 bits per heavy atom. The molecule has 2 aromatic rings. The molecule has 184 valence electrons. The number of thiazole rings is 1. The first-order chi connectivity index (χ1) is 15.3. The zero-order valence-electron chi connectivity index (χ0n) is 18.1. The van der Waals surface area contributed by atoms with Gasteiger partial charge < -0.3 is 35.6 Å². The molecule has 12 nitrogen and oxygen atoms in total. The Morgan fingerprint density at radius 3 is 2.42 bits per heavy atom. The van der Waals surface area contributed by atoms with Crippen LogP contribution in [0.25, 0.3) is 0 Å². The maximum atomic E-state index is 12.8. The molecule has 1 aromatic carbocycles. The van der Waals surface area contributed by atoms with Crippen molar-refractivity contribution in [1.29, 1.82) is 0 Å². The van der Waals surface area contributed by atoms with E-state index in [4.69, 9.17) is 4.74 Å². The Labute approximate surface area is 194 Å². The summed E-state index contributed by atoms with van der Waals surface area (Å²) in [6, 6.07) is 4.96. The van der Waals surface area contributed by atoms with E-state index in [1.807, 2.05) is 0 Å². The van der Waals surface area contributed by atoms with Crippen molar-refractivity contribution in [2.45, 2.75) is 30.5 Å². The van der Waals surface area contributed by atoms with E-state index in [1.165, 1.54) is 43.8 Å². The minimum Gasteiger partial charge on any atom is -0.508 e. The lowest BCUT2D eigenvalue weighted by Crippen LogP contribution is -2.64. The summed E-state index contributed by atoms with van der Waals surface area (Å²) in [6.07, 6.45) is -4.79. The molecule has 0 fully saturated rings. The Bertz CT molecular complexity index is 1050. The van der Waals surface area contributed by atoms with Crippen molar-refractivity contribution < 1.29 is 43.5 Å². The third-order valence-corrected chi connectivity index (χ3v) is 7.06. The summed E-state index contributed by atoms with van der Waals surface area (Å²) in [5, 5.41) is 55.7. The largest absolute Gasteiger partial charge is 0.508 e. The number of nitrogens with zero attached hydrogens (tertiary/aromatic N) is 2. The first kappa shape index (κ1) is 26.9. The highest BCUT2D eigenvalue weighted by Gasteiger charge is 2.48. The second kappa shape index (κ2) is 10.7. The Kier molecular flexibility index (Phi) is 8.75. The van der Waals surface area contributed by atoms with Crippen molar-refractivity contribution in [3.05, 3.63) is 40.9 Å². The average Bonchev–Trinajstić information content (AvgIpc) is 3.25. The summed E-state index contributed by atoms with van der Waals surface area (Å²) in [6.45, 7) is 0.0187. The molecule has 4 atom stereocenters. The molecule has 0 saturated heterocycles. The highest BCUT2D eigenvalue weighted by Crippen LogP contribution is 2.31. The minimum absolute atomic E-state index is 0.0179. The number of aromatic hydroxyl groups is 1. The van der Waals surface area contributed by atoms with Crippen LogP contribution in [0.2, 0.25) is 0 Å².